The van der Waals surface area contributed by atoms with Crippen molar-refractivity contribution in [3.63, 3.8) is 0 Å². The van der Waals surface area contributed by atoms with Crippen LogP contribution in [0.5, 0.6) is 0 Å². The van der Waals surface area contributed by atoms with Gasteiger partial charge in [-0.2, -0.15) is 0 Å². The molecule has 7 heteroatoms. The number of primary amides is 1. The Bertz CT molecular complexity index is 586. The van der Waals surface area contributed by atoms with Crippen molar-refractivity contribution in [2.75, 3.05) is 0 Å². The molecule has 1 aromatic rings. The molecule has 5 nitrogen and oxygen atoms in total. The van der Waals surface area contributed by atoms with Crippen molar-refractivity contribution in [2.45, 2.75) is 44.2 Å². The van der Waals surface area contributed by atoms with Gasteiger partial charge in [-0.1, -0.05) is 18.9 Å². The Balaban J connectivity index is 2.03. The van der Waals surface area contributed by atoms with Crippen molar-refractivity contribution >= 4 is 11.9 Å². The van der Waals surface area contributed by atoms with Crippen LogP contribution in [0, 0.1) is 11.6 Å². The second-order valence-electron chi connectivity index (χ2n) is 5.64. The average molecular weight is 311 g/mol. The van der Waals surface area contributed by atoms with Crippen LogP contribution in [0.25, 0.3) is 0 Å². The zero-order chi connectivity index (χ0) is 16.3. The van der Waals surface area contributed by atoms with E-state index < -0.39 is 35.2 Å². The minimum Gasteiger partial charge on any atom is -0.368 e. The maximum atomic E-state index is 13.7. The predicted octanol–water partition coefficient (Wildman–Crippen LogP) is 2.12. The maximum absolute atomic E-state index is 13.7. The van der Waals surface area contributed by atoms with Crippen LogP contribution in [-0.4, -0.2) is 17.5 Å². The lowest BCUT2D eigenvalue weighted by Crippen LogP contribution is -2.58. The second-order valence-corrected chi connectivity index (χ2v) is 5.64. The van der Waals surface area contributed by atoms with Crippen LogP contribution in [0.4, 0.5) is 13.6 Å². The Kier molecular flexibility index (Phi) is 4.63. The third kappa shape index (κ3) is 3.35. The van der Waals surface area contributed by atoms with Gasteiger partial charge >= 0.3 is 6.03 Å². The first-order valence-corrected chi connectivity index (χ1v) is 7.17. The third-order valence-electron chi connectivity index (χ3n) is 4.06. The van der Waals surface area contributed by atoms with E-state index in [4.69, 9.17) is 5.73 Å². The summed E-state index contributed by atoms with van der Waals surface area (Å²) in [7, 11) is 0. The lowest BCUT2D eigenvalue weighted by molar-refractivity contribution is -0.123. The molecule has 3 amide bonds. The molecule has 0 saturated heterocycles. The number of benzene rings is 1. The highest BCUT2D eigenvalue weighted by molar-refractivity contribution is 5.90. The Morgan fingerprint density at radius 2 is 1.91 bits per heavy atom. The second kappa shape index (κ2) is 6.29. The molecule has 0 aromatic heterocycles. The van der Waals surface area contributed by atoms with E-state index in [-0.39, 0.29) is 5.56 Å². The van der Waals surface area contributed by atoms with Gasteiger partial charge in [-0.25, -0.2) is 13.6 Å². The summed E-state index contributed by atoms with van der Waals surface area (Å²) in [6.07, 6.45) is 2.61. The van der Waals surface area contributed by atoms with Gasteiger partial charge in [0.15, 0.2) is 0 Å². The van der Waals surface area contributed by atoms with Gasteiger partial charge in [0.2, 0.25) is 5.91 Å². The largest absolute Gasteiger partial charge is 0.368 e. The number of amides is 3. The summed E-state index contributed by atoms with van der Waals surface area (Å²) in [5, 5.41) is 5.14. The van der Waals surface area contributed by atoms with Crippen LogP contribution in [0.3, 0.4) is 0 Å². The number of nitrogens with two attached hydrogens (primary N) is 1. The molecule has 0 aliphatic heterocycles. The van der Waals surface area contributed by atoms with Gasteiger partial charge in [0.25, 0.3) is 0 Å². The van der Waals surface area contributed by atoms with E-state index in [1.54, 1.807) is 6.92 Å². The summed E-state index contributed by atoms with van der Waals surface area (Å²) in [6, 6.07) is 1.88. The number of urea groups is 1. The van der Waals surface area contributed by atoms with Crippen LogP contribution < -0.4 is 16.4 Å². The Morgan fingerprint density at radius 3 is 2.45 bits per heavy atom. The summed E-state index contributed by atoms with van der Waals surface area (Å²) < 4.78 is 26.6. The smallest absolute Gasteiger partial charge is 0.316 e. The highest BCUT2D eigenvalue weighted by Crippen LogP contribution is 2.29. The third-order valence-corrected chi connectivity index (χ3v) is 4.06. The number of rotatable bonds is 4. The summed E-state index contributed by atoms with van der Waals surface area (Å²) in [5.41, 5.74) is 4.51. The molecule has 0 bridgehead atoms. The van der Waals surface area contributed by atoms with Gasteiger partial charge < -0.3 is 16.4 Å². The van der Waals surface area contributed by atoms with Crippen molar-refractivity contribution in [1.82, 2.24) is 10.6 Å². The molecule has 0 spiro atoms. The lowest BCUT2D eigenvalue weighted by Gasteiger charge is -2.27. The first kappa shape index (κ1) is 16.2. The molecule has 1 fully saturated rings. The molecule has 1 saturated carbocycles. The maximum Gasteiger partial charge on any atom is 0.316 e. The number of hydrogen-bond acceptors (Lipinski definition) is 2. The van der Waals surface area contributed by atoms with E-state index in [2.05, 4.69) is 10.6 Å². The Hall–Kier alpha value is -2.18. The highest BCUT2D eigenvalue weighted by atomic mass is 19.1. The van der Waals surface area contributed by atoms with Gasteiger partial charge in [-0.05, 0) is 25.8 Å². The van der Waals surface area contributed by atoms with Crippen LogP contribution >= 0.6 is 0 Å². The van der Waals surface area contributed by atoms with Crippen LogP contribution in [-0.2, 0) is 4.79 Å². The van der Waals surface area contributed by atoms with E-state index in [0.29, 0.717) is 12.8 Å². The van der Waals surface area contributed by atoms with Crippen molar-refractivity contribution in [3.05, 3.63) is 35.4 Å². The molecule has 1 aliphatic rings. The van der Waals surface area contributed by atoms with Gasteiger partial charge in [0, 0.05) is 11.6 Å². The number of halogens is 2. The number of carbonyl (C=O) groups excluding carboxylic acids is 2. The molecule has 0 radical (unpaired) electrons. The number of nitrogens with one attached hydrogen (secondary N) is 2. The van der Waals surface area contributed by atoms with Crippen molar-refractivity contribution in [2.24, 2.45) is 5.73 Å². The van der Waals surface area contributed by atoms with E-state index in [9.17, 15) is 18.4 Å². The van der Waals surface area contributed by atoms with Gasteiger partial charge in [0.1, 0.15) is 17.2 Å². The van der Waals surface area contributed by atoms with Gasteiger partial charge in [-0.3, -0.25) is 4.79 Å². The van der Waals surface area contributed by atoms with Gasteiger partial charge in [0.05, 0.1) is 6.04 Å². The van der Waals surface area contributed by atoms with Crippen LogP contribution in [0.2, 0.25) is 0 Å². The summed E-state index contributed by atoms with van der Waals surface area (Å²) in [4.78, 5) is 23.6. The zero-order valence-corrected chi connectivity index (χ0v) is 12.3. The molecule has 0 heterocycles. The summed E-state index contributed by atoms with van der Waals surface area (Å²) in [5.74, 6) is -1.99. The topological polar surface area (TPSA) is 84.2 Å². The fraction of sp³-hybridized carbons (Fsp3) is 0.467. The number of hydrogen-bond donors (Lipinski definition) is 3. The molecule has 120 valence electrons. The highest BCUT2D eigenvalue weighted by Gasteiger charge is 2.41. The monoisotopic (exact) mass is 311 g/mol. The molecule has 1 aromatic carbocycles. The van der Waals surface area contributed by atoms with Crippen molar-refractivity contribution in [3.8, 4) is 0 Å². The predicted molar refractivity (Wildman–Crippen MR) is 76.8 cm³/mol. The first-order chi connectivity index (χ1) is 10.3. The van der Waals surface area contributed by atoms with Gasteiger partial charge in [-0.15, -0.1) is 0 Å². The van der Waals surface area contributed by atoms with E-state index >= 15 is 0 Å². The SMILES string of the molecule is C[C@H](NC(=O)NC1(C(N)=O)CCCC1)c1ccc(F)cc1F. The summed E-state index contributed by atoms with van der Waals surface area (Å²) >= 11 is 0. The lowest BCUT2D eigenvalue weighted by atomic mass is 9.97. The minimum atomic E-state index is -1.04. The standard InChI is InChI=1S/C15H19F2N3O2/c1-9(11-5-4-10(16)8-12(11)17)19-14(22)20-15(13(18)21)6-2-3-7-15/h4-5,8-9H,2-3,6-7H2,1H3,(H2,18,21)(H2,19,20,22)/t9-/m0/s1. The molecule has 1 aliphatic carbocycles. The Morgan fingerprint density at radius 1 is 1.27 bits per heavy atom. The molecule has 4 N–H and O–H groups in total. The molecular formula is C15H19F2N3O2. The molecular weight excluding hydrogens is 292 g/mol. The summed E-state index contributed by atoms with van der Waals surface area (Å²) in [6.45, 7) is 1.57. The molecule has 1 atom stereocenters. The van der Waals surface area contributed by atoms with Crippen LogP contribution in [0.15, 0.2) is 18.2 Å². The first-order valence-electron chi connectivity index (χ1n) is 7.17. The van der Waals surface area contributed by atoms with Crippen LogP contribution in [0.1, 0.15) is 44.2 Å². The van der Waals surface area contributed by atoms with Crippen molar-refractivity contribution in [1.29, 1.82) is 0 Å². The quantitative estimate of drug-likeness (QED) is 0.796. The fourth-order valence-electron chi connectivity index (χ4n) is 2.79. The Labute approximate surface area is 127 Å². The average Bonchev–Trinajstić information content (AvgIpc) is 2.88. The number of carbonyl (C=O) groups is 2. The normalized spacial score (nSPS) is 17.8. The van der Waals surface area contributed by atoms with E-state index in [1.165, 1.54) is 6.07 Å². The molecule has 2 rings (SSSR count). The fourth-order valence-corrected chi connectivity index (χ4v) is 2.79. The minimum absolute atomic E-state index is 0.163. The zero-order valence-electron chi connectivity index (χ0n) is 12.3. The molecule has 0 unspecified atom stereocenters. The van der Waals surface area contributed by atoms with E-state index in [1.807, 2.05) is 0 Å². The van der Waals surface area contributed by atoms with E-state index in [0.717, 1.165) is 25.0 Å². The van der Waals surface area contributed by atoms with Crippen molar-refractivity contribution < 1.29 is 18.4 Å². The molecule has 22 heavy (non-hydrogen) atoms.